The molecule has 0 unspecified atom stereocenters. The van der Waals surface area contributed by atoms with Crippen LogP contribution in [0.1, 0.15) is 347 Å². The van der Waals surface area contributed by atoms with E-state index in [0.717, 1.165) is 6.42 Å². The van der Waals surface area contributed by atoms with Crippen LogP contribution in [0.25, 0.3) is 0 Å². The second-order valence-electron chi connectivity index (χ2n) is 19.2. The number of amides is 1. The highest BCUT2D eigenvalue weighted by atomic mass is 16.1. The number of carbonyl (C=O) groups is 1. The number of hydrogen-bond acceptors (Lipinski definition) is 1. The highest BCUT2D eigenvalue weighted by molar-refractivity contribution is 5.73. The zero-order chi connectivity index (χ0) is 41.1. The van der Waals surface area contributed by atoms with Crippen molar-refractivity contribution in [1.29, 1.82) is 0 Å². The lowest BCUT2D eigenvalue weighted by Gasteiger charge is -2.05. The fraction of sp³-hybridized carbons (Fsp3) is 0.982. The van der Waals surface area contributed by atoms with E-state index in [0.29, 0.717) is 6.42 Å². The Kier molecular flexibility index (Phi) is 53.0. The fourth-order valence-corrected chi connectivity index (χ4v) is 9.21. The lowest BCUT2D eigenvalue weighted by Crippen LogP contribution is -2.09. The maximum atomic E-state index is 10.7. The molecule has 0 aromatic rings. The maximum Gasteiger partial charge on any atom is 0.217 e. The van der Waals surface area contributed by atoms with Crippen molar-refractivity contribution in [2.45, 2.75) is 347 Å². The minimum Gasteiger partial charge on any atom is -0.370 e. The Hall–Kier alpha value is -0.530. The third-order valence-electron chi connectivity index (χ3n) is 13.3. The molecule has 0 spiro atoms. The predicted molar refractivity (Wildman–Crippen MR) is 260 cm³/mol. The van der Waals surface area contributed by atoms with E-state index in [-0.39, 0.29) is 5.91 Å². The van der Waals surface area contributed by atoms with Crippen LogP contribution < -0.4 is 5.73 Å². The first-order chi connectivity index (χ1) is 28.3. The number of hydrogen-bond donors (Lipinski definition) is 1. The van der Waals surface area contributed by atoms with Gasteiger partial charge >= 0.3 is 0 Å². The van der Waals surface area contributed by atoms with Crippen molar-refractivity contribution in [2.75, 3.05) is 0 Å². The lowest BCUT2D eigenvalue weighted by molar-refractivity contribution is -0.118. The van der Waals surface area contributed by atoms with Crippen LogP contribution in [0.4, 0.5) is 0 Å². The Balaban J connectivity index is 3.06. The first-order valence-corrected chi connectivity index (χ1v) is 27.6. The van der Waals surface area contributed by atoms with Gasteiger partial charge in [0.25, 0.3) is 0 Å². The van der Waals surface area contributed by atoms with Crippen LogP contribution in [-0.4, -0.2) is 5.91 Å². The van der Waals surface area contributed by atoms with Gasteiger partial charge in [-0.1, -0.05) is 334 Å². The summed E-state index contributed by atoms with van der Waals surface area (Å²) in [4.78, 5) is 10.7. The summed E-state index contributed by atoms with van der Waals surface area (Å²) in [5.41, 5.74) is 5.19. The van der Waals surface area contributed by atoms with E-state index < -0.39 is 0 Å². The van der Waals surface area contributed by atoms with E-state index in [2.05, 4.69) is 6.92 Å². The van der Waals surface area contributed by atoms with Crippen LogP contribution >= 0.6 is 0 Å². The highest BCUT2D eigenvalue weighted by Gasteiger charge is 2.00. The van der Waals surface area contributed by atoms with Crippen molar-refractivity contribution in [3.8, 4) is 0 Å². The normalized spacial score (nSPS) is 11.6. The summed E-state index contributed by atoms with van der Waals surface area (Å²) >= 11 is 0. The monoisotopic (exact) mass is 802 g/mol. The van der Waals surface area contributed by atoms with Gasteiger partial charge in [-0.2, -0.15) is 0 Å². The molecule has 342 valence electrons. The van der Waals surface area contributed by atoms with Gasteiger partial charge in [0.1, 0.15) is 0 Å². The van der Waals surface area contributed by atoms with Gasteiger partial charge in [0.2, 0.25) is 5.91 Å². The molecule has 0 aromatic heterocycles. The van der Waals surface area contributed by atoms with E-state index in [4.69, 9.17) is 5.73 Å². The van der Waals surface area contributed by atoms with E-state index in [9.17, 15) is 4.79 Å². The highest BCUT2D eigenvalue weighted by Crippen LogP contribution is 2.19. The molecule has 0 radical (unpaired) electrons. The summed E-state index contributed by atoms with van der Waals surface area (Å²) < 4.78 is 0. The van der Waals surface area contributed by atoms with Crippen LogP contribution in [0.3, 0.4) is 0 Å². The molecule has 0 aliphatic heterocycles. The lowest BCUT2D eigenvalue weighted by atomic mass is 10.0. The van der Waals surface area contributed by atoms with Gasteiger partial charge in [0.15, 0.2) is 0 Å². The standard InChI is InChI=1S/C55H111NO/c1-2-3-4-5-6-7-8-9-10-11-12-13-14-15-16-17-18-19-20-21-22-23-24-25-26-27-28-29-30-31-32-33-34-35-36-37-38-39-40-41-42-43-44-45-46-47-48-49-50-51-52-53-54-55(56)57/h2-54H2,1H3,(H2,56,57). The van der Waals surface area contributed by atoms with Crippen LogP contribution in [0.5, 0.6) is 0 Å². The van der Waals surface area contributed by atoms with Gasteiger partial charge in [-0.3, -0.25) is 4.79 Å². The van der Waals surface area contributed by atoms with E-state index in [1.807, 2.05) is 0 Å². The first kappa shape index (κ1) is 56.5. The molecular formula is C55H111NO. The van der Waals surface area contributed by atoms with Crippen molar-refractivity contribution in [2.24, 2.45) is 5.73 Å². The molecule has 0 saturated carbocycles. The molecule has 1 amide bonds. The Morgan fingerprint density at radius 1 is 0.211 bits per heavy atom. The Morgan fingerprint density at radius 3 is 0.421 bits per heavy atom. The second kappa shape index (κ2) is 53.5. The molecule has 0 fully saturated rings. The molecule has 2 nitrogen and oxygen atoms in total. The average Bonchev–Trinajstić information content (AvgIpc) is 3.21. The molecule has 2 heteroatoms. The van der Waals surface area contributed by atoms with Gasteiger partial charge in [-0.05, 0) is 6.42 Å². The van der Waals surface area contributed by atoms with Crippen LogP contribution in [0.2, 0.25) is 0 Å². The number of carbonyl (C=O) groups excluding carboxylic acids is 1. The van der Waals surface area contributed by atoms with Crippen LogP contribution in [0.15, 0.2) is 0 Å². The Morgan fingerprint density at radius 2 is 0.316 bits per heavy atom. The number of rotatable bonds is 53. The summed E-state index contributed by atoms with van der Waals surface area (Å²) in [5, 5.41) is 0. The van der Waals surface area contributed by atoms with Gasteiger partial charge < -0.3 is 5.73 Å². The molecule has 0 bridgehead atoms. The molecule has 0 aliphatic carbocycles. The molecular weight excluding hydrogens is 691 g/mol. The summed E-state index contributed by atoms with van der Waals surface area (Å²) in [5.74, 6) is -0.146. The van der Waals surface area contributed by atoms with E-state index in [1.54, 1.807) is 0 Å². The Bertz CT molecular complexity index is 705. The van der Waals surface area contributed by atoms with Crippen molar-refractivity contribution in [1.82, 2.24) is 0 Å². The predicted octanol–water partition coefficient (Wildman–Crippen LogP) is 20.2. The molecule has 0 rings (SSSR count). The van der Waals surface area contributed by atoms with Gasteiger partial charge in [-0.15, -0.1) is 0 Å². The van der Waals surface area contributed by atoms with Gasteiger partial charge in [-0.25, -0.2) is 0 Å². The SMILES string of the molecule is CCCCCCCCCCCCCCCCCCCCCCCCCCCCCCCCCCCCCCCCCCCCCCCCCCCCCCC(N)=O. The number of nitrogens with two attached hydrogens (primary N) is 1. The fourth-order valence-electron chi connectivity index (χ4n) is 9.21. The van der Waals surface area contributed by atoms with Crippen molar-refractivity contribution in [3.05, 3.63) is 0 Å². The van der Waals surface area contributed by atoms with Gasteiger partial charge in [0.05, 0.1) is 0 Å². The number of primary amides is 1. The van der Waals surface area contributed by atoms with Crippen molar-refractivity contribution in [3.63, 3.8) is 0 Å². The minimum atomic E-state index is -0.146. The summed E-state index contributed by atoms with van der Waals surface area (Å²) in [6, 6.07) is 0. The summed E-state index contributed by atoms with van der Waals surface area (Å²) in [7, 11) is 0. The third-order valence-corrected chi connectivity index (χ3v) is 13.3. The number of unbranched alkanes of at least 4 members (excludes halogenated alkanes) is 51. The van der Waals surface area contributed by atoms with E-state index >= 15 is 0 Å². The van der Waals surface area contributed by atoms with Gasteiger partial charge in [0, 0.05) is 6.42 Å². The molecule has 2 N–H and O–H groups in total. The molecule has 0 aliphatic rings. The summed E-state index contributed by atoms with van der Waals surface area (Å²) in [6.45, 7) is 2.31. The second-order valence-corrected chi connectivity index (χ2v) is 19.2. The topological polar surface area (TPSA) is 43.1 Å². The molecule has 0 aromatic carbocycles. The molecule has 0 saturated heterocycles. The third kappa shape index (κ3) is 55.5. The van der Waals surface area contributed by atoms with Crippen LogP contribution in [0, 0.1) is 0 Å². The molecule has 0 heterocycles. The van der Waals surface area contributed by atoms with Crippen molar-refractivity contribution >= 4 is 5.91 Å². The Labute approximate surface area is 362 Å². The average molecular weight is 802 g/mol. The largest absolute Gasteiger partial charge is 0.370 e. The zero-order valence-corrected chi connectivity index (χ0v) is 40.0. The van der Waals surface area contributed by atoms with Crippen molar-refractivity contribution < 1.29 is 4.79 Å². The molecule has 57 heavy (non-hydrogen) atoms. The first-order valence-electron chi connectivity index (χ1n) is 27.6. The summed E-state index contributed by atoms with van der Waals surface area (Å²) in [6.07, 6.45) is 76.1. The zero-order valence-electron chi connectivity index (χ0n) is 40.0. The minimum absolute atomic E-state index is 0.146. The smallest absolute Gasteiger partial charge is 0.217 e. The quantitative estimate of drug-likeness (QED) is 0.0612. The van der Waals surface area contributed by atoms with E-state index in [1.165, 1.54) is 327 Å². The maximum absolute atomic E-state index is 10.7. The molecule has 0 atom stereocenters. The van der Waals surface area contributed by atoms with Crippen LogP contribution in [-0.2, 0) is 4.79 Å².